The van der Waals surface area contributed by atoms with E-state index in [9.17, 15) is 14.4 Å². The lowest BCUT2D eigenvalue weighted by Crippen LogP contribution is -2.21. The van der Waals surface area contributed by atoms with Crippen LogP contribution in [-0.4, -0.2) is 35.1 Å². The van der Waals surface area contributed by atoms with E-state index in [0.717, 1.165) is 22.6 Å². The van der Waals surface area contributed by atoms with Gasteiger partial charge in [-0.2, -0.15) is 0 Å². The highest BCUT2D eigenvalue weighted by Gasteiger charge is 2.18. The van der Waals surface area contributed by atoms with E-state index in [-0.39, 0.29) is 11.5 Å². The molecule has 0 atom stereocenters. The molecule has 0 fully saturated rings. The van der Waals surface area contributed by atoms with Crippen LogP contribution in [0.1, 0.15) is 22.8 Å². The number of ether oxygens (including phenoxy) is 1. The van der Waals surface area contributed by atoms with Crippen LogP contribution < -0.4 is 10.6 Å². The van der Waals surface area contributed by atoms with E-state index in [1.165, 1.54) is 28.7 Å². The number of aryl methyl sites for hydroxylation is 1. The molecule has 0 saturated heterocycles. The molecule has 2 aromatic carbocycles. The van der Waals surface area contributed by atoms with Gasteiger partial charge in [-0.05, 0) is 30.2 Å². The summed E-state index contributed by atoms with van der Waals surface area (Å²) in [6.45, 7) is 1.66. The number of amides is 2. The predicted octanol–water partition coefficient (Wildman–Crippen LogP) is 4.21. The number of thioether (sulfide) groups is 1. The number of esters is 1. The number of rotatable bonds is 6. The number of carbonyl (C=O) groups excluding carboxylic acids is 3. The first-order valence-electron chi connectivity index (χ1n) is 9.60. The van der Waals surface area contributed by atoms with Gasteiger partial charge >= 0.3 is 5.97 Å². The Morgan fingerprint density at radius 1 is 1.19 bits per heavy atom. The maximum absolute atomic E-state index is 12.3. The van der Waals surface area contributed by atoms with Gasteiger partial charge in [0.15, 0.2) is 11.7 Å². The Morgan fingerprint density at radius 2 is 2.00 bits per heavy atom. The molecule has 158 valence electrons. The number of anilines is 2. The molecule has 7 nitrogen and oxygen atoms in total. The first-order valence-corrected chi connectivity index (χ1v) is 11.5. The van der Waals surface area contributed by atoms with Crippen LogP contribution >= 0.6 is 23.1 Å². The van der Waals surface area contributed by atoms with Crippen molar-refractivity contribution in [3.05, 3.63) is 59.0 Å². The summed E-state index contributed by atoms with van der Waals surface area (Å²) in [5, 5.41) is 7.67. The molecule has 4 rings (SSSR count). The highest BCUT2D eigenvalue weighted by molar-refractivity contribution is 8.00. The van der Waals surface area contributed by atoms with E-state index in [1.54, 1.807) is 18.2 Å². The van der Waals surface area contributed by atoms with E-state index < -0.39 is 18.5 Å². The monoisotopic (exact) mass is 453 g/mol. The highest BCUT2D eigenvalue weighted by Crippen LogP contribution is 2.32. The molecule has 2 N–H and O–H groups in total. The van der Waals surface area contributed by atoms with Crippen molar-refractivity contribution in [1.82, 2.24) is 4.98 Å². The van der Waals surface area contributed by atoms with E-state index in [4.69, 9.17) is 4.74 Å². The summed E-state index contributed by atoms with van der Waals surface area (Å²) in [6.07, 6.45) is 0.969. The zero-order valence-corrected chi connectivity index (χ0v) is 18.3. The van der Waals surface area contributed by atoms with Crippen LogP contribution in [0.5, 0.6) is 0 Å². The van der Waals surface area contributed by atoms with Crippen LogP contribution in [0.2, 0.25) is 0 Å². The van der Waals surface area contributed by atoms with Crippen molar-refractivity contribution < 1.29 is 19.1 Å². The third-order valence-electron chi connectivity index (χ3n) is 4.59. The van der Waals surface area contributed by atoms with Gasteiger partial charge in [-0.25, -0.2) is 9.78 Å². The first-order chi connectivity index (χ1) is 15.0. The average Bonchev–Trinajstić information content (AvgIpc) is 3.25. The maximum atomic E-state index is 12.3. The standard InChI is InChI=1S/C22H19N3O4S2/c1-2-13-3-5-14(6-4-13)17-11-31-22(24-17)25-19(26)10-29-21(28)15-7-8-18-16(9-15)23-20(27)12-30-18/h3-9,11H,2,10,12H2,1H3,(H,23,27)(H,24,25,26). The summed E-state index contributed by atoms with van der Waals surface area (Å²) in [5.41, 5.74) is 3.82. The van der Waals surface area contributed by atoms with E-state index in [2.05, 4.69) is 34.7 Å². The largest absolute Gasteiger partial charge is 0.452 e. The number of fused-ring (bicyclic) bond motifs is 1. The van der Waals surface area contributed by atoms with Crippen molar-refractivity contribution in [3.8, 4) is 11.3 Å². The SMILES string of the molecule is CCc1ccc(-c2csc(NC(=O)COC(=O)c3ccc4c(c3)NC(=O)CS4)n2)cc1. The number of carbonyl (C=O) groups is 3. The van der Waals surface area contributed by atoms with Gasteiger partial charge in [0.05, 0.1) is 22.7 Å². The minimum Gasteiger partial charge on any atom is -0.452 e. The van der Waals surface area contributed by atoms with Crippen molar-refractivity contribution in [3.63, 3.8) is 0 Å². The number of aromatic nitrogens is 1. The van der Waals surface area contributed by atoms with Gasteiger partial charge < -0.3 is 10.1 Å². The first kappa shape index (κ1) is 21.1. The Balaban J connectivity index is 1.32. The lowest BCUT2D eigenvalue weighted by molar-refractivity contribution is -0.119. The Labute approximate surface area is 187 Å². The van der Waals surface area contributed by atoms with Gasteiger partial charge in [0, 0.05) is 15.8 Å². The maximum Gasteiger partial charge on any atom is 0.338 e. The lowest BCUT2D eigenvalue weighted by atomic mass is 10.1. The molecule has 0 spiro atoms. The molecule has 0 saturated carbocycles. The molecule has 31 heavy (non-hydrogen) atoms. The van der Waals surface area contributed by atoms with Crippen LogP contribution in [0, 0.1) is 0 Å². The smallest absolute Gasteiger partial charge is 0.338 e. The summed E-state index contributed by atoms with van der Waals surface area (Å²) < 4.78 is 5.10. The fraction of sp³-hybridized carbons (Fsp3) is 0.182. The van der Waals surface area contributed by atoms with Crippen molar-refractivity contribution >= 4 is 51.7 Å². The number of benzene rings is 2. The fourth-order valence-corrected chi connectivity index (χ4v) is 4.48. The quantitative estimate of drug-likeness (QED) is 0.543. The number of nitrogens with one attached hydrogen (secondary N) is 2. The Morgan fingerprint density at radius 3 is 2.77 bits per heavy atom. The lowest BCUT2D eigenvalue weighted by Gasteiger charge is -2.16. The Bertz CT molecular complexity index is 1140. The molecular weight excluding hydrogens is 434 g/mol. The van der Waals surface area contributed by atoms with Crippen LogP contribution in [0.25, 0.3) is 11.3 Å². The molecule has 0 aliphatic carbocycles. The molecule has 9 heteroatoms. The molecule has 3 aromatic rings. The molecule has 2 heterocycles. The Hall–Kier alpha value is -3.17. The van der Waals surface area contributed by atoms with Crippen molar-refractivity contribution in [2.75, 3.05) is 23.0 Å². The molecule has 0 bridgehead atoms. The fourth-order valence-electron chi connectivity index (χ4n) is 2.95. The van der Waals surface area contributed by atoms with E-state index >= 15 is 0 Å². The highest BCUT2D eigenvalue weighted by atomic mass is 32.2. The molecule has 2 amide bonds. The molecule has 0 unspecified atom stereocenters. The van der Waals surface area contributed by atoms with Crippen LogP contribution in [0.15, 0.2) is 52.7 Å². The number of nitrogens with zero attached hydrogens (tertiary/aromatic N) is 1. The minimum atomic E-state index is -0.640. The number of hydrogen-bond donors (Lipinski definition) is 2. The third-order valence-corrected chi connectivity index (χ3v) is 6.42. The molecule has 0 radical (unpaired) electrons. The van der Waals surface area contributed by atoms with Crippen LogP contribution in [0.4, 0.5) is 10.8 Å². The van der Waals surface area contributed by atoms with Gasteiger partial charge in [-0.15, -0.1) is 23.1 Å². The predicted molar refractivity (Wildman–Crippen MR) is 122 cm³/mol. The molecule has 1 aliphatic rings. The number of thiazole rings is 1. The van der Waals surface area contributed by atoms with Gasteiger partial charge in [0.1, 0.15) is 0 Å². The summed E-state index contributed by atoms with van der Waals surface area (Å²) in [4.78, 5) is 41.3. The van der Waals surface area contributed by atoms with Crippen molar-refractivity contribution in [1.29, 1.82) is 0 Å². The van der Waals surface area contributed by atoms with Crippen molar-refractivity contribution in [2.45, 2.75) is 18.2 Å². The van der Waals surface area contributed by atoms with Gasteiger partial charge in [0.25, 0.3) is 5.91 Å². The van der Waals surface area contributed by atoms with Crippen molar-refractivity contribution in [2.24, 2.45) is 0 Å². The zero-order chi connectivity index (χ0) is 21.8. The van der Waals surface area contributed by atoms with E-state index in [1.807, 2.05) is 17.5 Å². The van der Waals surface area contributed by atoms with Crippen LogP contribution in [-0.2, 0) is 20.7 Å². The van der Waals surface area contributed by atoms with E-state index in [0.29, 0.717) is 16.6 Å². The normalized spacial score (nSPS) is 12.6. The van der Waals surface area contributed by atoms with Gasteiger partial charge in [-0.3, -0.25) is 14.9 Å². The second-order valence-electron chi connectivity index (χ2n) is 6.76. The average molecular weight is 454 g/mol. The third kappa shape index (κ3) is 5.12. The zero-order valence-electron chi connectivity index (χ0n) is 16.6. The molecular formula is C22H19N3O4S2. The van der Waals surface area contributed by atoms with Gasteiger partial charge in [-0.1, -0.05) is 31.2 Å². The number of hydrogen-bond acceptors (Lipinski definition) is 7. The molecule has 1 aliphatic heterocycles. The summed E-state index contributed by atoms with van der Waals surface area (Å²) in [6, 6.07) is 13.0. The summed E-state index contributed by atoms with van der Waals surface area (Å²) >= 11 is 2.71. The minimum absolute atomic E-state index is 0.119. The van der Waals surface area contributed by atoms with Crippen LogP contribution in [0.3, 0.4) is 0 Å². The second kappa shape index (κ2) is 9.32. The Kier molecular flexibility index (Phi) is 6.34. The topological polar surface area (TPSA) is 97.4 Å². The second-order valence-corrected chi connectivity index (χ2v) is 8.64. The van der Waals surface area contributed by atoms with Gasteiger partial charge in [0.2, 0.25) is 5.91 Å². The summed E-state index contributed by atoms with van der Waals surface area (Å²) in [5.74, 6) is -0.887. The summed E-state index contributed by atoms with van der Waals surface area (Å²) in [7, 11) is 0. The molecule has 1 aromatic heterocycles.